The summed E-state index contributed by atoms with van der Waals surface area (Å²) >= 11 is 0. The Morgan fingerprint density at radius 2 is 1.83 bits per heavy atom. The third-order valence-electron chi connectivity index (χ3n) is 5.56. The van der Waals surface area contributed by atoms with Gasteiger partial charge in [0.25, 0.3) is 0 Å². The number of rotatable bonds is 6. The maximum Gasteiger partial charge on any atom is 0.490 e. The number of carboxylic acids is 1. The molecule has 36 heavy (non-hydrogen) atoms. The van der Waals surface area contributed by atoms with Gasteiger partial charge in [0.2, 0.25) is 5.91 Å². The molecule has 0 saturated carbocycles. The third-order valence-corrected chi connectivity index (χ3v) is 5.56. The highest BCUT2D eigenvalue weighted by Gasteiger charge is 2.38. The predicted octanol–water partition coefficient (Wildman–Crippen LogP) is 2.81. The first-order valence-corrected chi connectivity index (χ1v) is 11.0. The van der Waals surface area contributed by atoms with Crippen molar-refractivity contribution in [2.24, 2.45) is 0 Å². The summed E-state index contributed by atoms with van der Waals surface area (Å²) in [6.07, 6.45) is -0.0101. The summed E-state index contributed by atoms with van der Waals surface area (Å²) < 4.78 is 33.8. The number of aliphatic carboxylic acids is 1. The highest BCUT2D eigenvalue weighted by atomic mass is 19.4. The SMILES string of the molecule is N#Cc1ccc(Cn2cncc2CCNC(=O)[C@@H]2Cc3ccccc3CN2)cc1.O=C(O)C(F)(F)F. The summed E-state index contributed by atoms with van der Waals surface area (Å²) in [6.45, 7) is 1.99. The largest absolute Gasteiger partial charge is 0.490 e. The lowest BCUT2D eigenvalue weighted by molar-refractivity contribution is -0.192. The Labute approximate surface area is 205 Å². The molecule has 3 N–H and O–H groups in total. The number of amides is 1. The van der Waals surface area contributed by atoms with E-state index in [1.165, 1.54) is 11.1 Å². The average Bonchev–Trinajstić information content (AvgIpc) is 3.30. The molecule has 0 radical (unpaired) electrons. The van der Waals surface area contributed by atoms with Crippen LogP contribution in [-0.2, 0) is 35.5 Å². The zero-order valence-electron chi connectivity index (χ0n) is 19.1. The average molecular weight is 499 g/mol. The van der Waals surface area contributed by atoms with Gasteiger partial charge in [-0.15, -0.1) is 0 Å². The summed E-state index contributed by atoms with van der Waals surface area (Å²) in [6, 6.07) is 17.7. The van der Waals surface area contributed by atoms with Gasteiger partial charge in [0.1, 0.15) is 0 Å². The van der Waals surface area contributed by atoms with Crippen LogP contribution >= 0.6 is 0 Å². The van der Waals surface area contributed by atoms with Crippen molar-refractivity contribution in [2.45, 2.75) is 38.1 Å². The number of carbonyl (C=O) groups is 2. The van der Waals surface area contributed by atoms with Crippen molar-refractivity contribution in [3.8, 4) is 6.07 Å². The number of carbonyl (C=O) groups excluding carboxylic acids is 1. The van der Waals surface area contributed by atoms with Gasteiger partial charge in [0, 0.05) is 37.9 Å². The van der Waals surface area contributed by atoms with Crippen LogP contribution < -0.4 is 10.6 Å². The smallest absolute Gasteiger partial charge is 0.475 e. The minimum atomic E-state index is -5.08. The zero-order valence-corrected chi connectivity index (χ0v) is 19.1. The maximum atomic E-state index is 12.6. The Balaban J connectivity index is 0.000000454. The Bertz CT molecular complexity index is 1230. The molecule has 0 saturated heterocycles. The van der Waals surface area contributed by atoms with Crippen molar-refractivity contribution in [2.75, 3.05) is 6.54 Å². The minimum Gasteiger partial charge on any atom is -0.475 e. The minimum absolute atomic E-state index is 0.0395. The lowest BCUT2D eigenvalue weighted by Gasteiger charge is -2.25. The van der Waals surface area contributed by atoms with Crippen molar-refractivity contribution < 1.29 is 27.9 Å². The number of fused-ring (bicyclic) bond motifs is 1. The normalized spacial score (nSPS) is 14.6. The van der Waals surface area contributed by atoms with Gasteiger partial charge in [-0.1, -0.05) is 36.4 Å². The first-order chi connectivity index (χ1) is 17.2. The van der Waals surface area contributed by atoms with E-state index < -0.39 is 12.1 Å². The topological polar surface area (TPSA) is 120 Å². The Hall–Kier alpha value is -4.17. The lowest BCUT2D eigenvalue weighted by atomic mass is 9.95. The quantitative estimate of drug-likeness (QED) is 0.480. The number of nitriles is 1. The Morgan fingerprint density at radius 1 is 1.17 bits per heavy atom. The molecular formula is C25H24F3N5O3. The van der Waals surface area contributed by atoms with Crippen LogP contribution in [0.25, 0.3) is 0 Å². The van der Waals surface area contributed by atoms with Gasteiger partial charge in [-0.3, -0.25) is 4.79 Å². The zero-order chi connectivity index (χ0) is 26.1. The number of alkyl halides is 3. The molecule has 3 aromatic rings. The molecule has 0 spiro atoms. The molecule has 1 aliphatic heterocycles. The molecule has 0 unspecified atom stereocenters. The fourth-order valence-corrected chi connectivity index (χ4v) is 3.66. The van der Waals surface area contributed by atoms with Gasteiger partial charge >= 0.3 is 12.1 Å². The van der Waals surface area contributed by atoms with Crippen LogP contribution in [0.15, 0.2) is 61.1 Å². The van der Waals surface area contributed by atoms with Crippen LogP contribution in [0.2, 0.25) is 0 Å². The van der Waals surface area contributed by atoms with Crippen molar-refractivity contribution in [1.29, 1.82) is 5.26 Å². The van der Waals surface area contributed by atoms with Gasteiger partial charge in [-0.2, -0.15) is 18.4 Å². The van der Waals surface area contributed by atoms with Crippen LogP contribution in [0.4, 0.5) is 13.2 Å². The third kappa shape index (κ3) is 7.41. The predicted molar refractivity (Wildman–Crippen MR) is 124 cm³/mol. The fraction of sp³-hybridized carbons (Fsp3) is 0.280. The molecule has 0 fully saturated rings. The first kappa shape index (κ1) is 26.4. The van der Waals surface area contributed by atoms with Gasteiger partial charge < -0.3 is 20.3 Å². The first-order valence-electron chi connectivity index (χ1n) is 11.0. The van der Waals surface area contributed by atoms with Gasteiger partial charge in [-0.25, -0.2) is 9.78 Å². The van der Waals surface area contributed by atoms with E-state index in [0.29, 0.717) is 25.1 Å². The van der Waals surface area contributed by atoms with E-state index >= 15 is 0 Å². The molecule has 0 bridgehead atoms. The van der Waals surface area contributed by atoms with Gasteiger partial charge in [0.05, 0.1) is 24.0 Å². The number of nitrogens with zero attached hydrogens (tertiary/aromatic N) is 3. The molecule has 0 aliphatic carbocycles. The number of carboxylic acid groups (broad SMARTS) is 1. The molecule has 4 rings (SSSR count). The van der Waals surface area contributed by atoms with E-state index in [1.807, 2.05) is 42.6 Å². The molecule has 1 atom stereocenters. The van der Waals surface area contributed by atoms with Crippen molar-refractivity contribution in [1.82, 2.24) is 20.2 Å². The monoisotopic (exact) mass is 499 g/mol. The van der Waals surface area contributed by atoms with E-state index in [9.17, 15) is 18.0 Å². The summed E-state index contributed by atoms with van der Waals surface area (Å²) in [5.41, 5.74) is 5.34. The lowest BCUT2D eigenvalue weighted by Crippen LogP contribution is -2.48. The molecule has 1 aliphatic rings. The van der Waals surface area contributed by atoms with Gasteiger partial charge in [-0.05, 0) is 35.2 Å². The van der Waals surface area contributed by atoms with Crippen LogP contribution in [0.1, 0.15) is 27.9 Å². The van der Waals surface area contributed by atoms with Crippen LogP contribution in [0.5, 0.6) is 0 Å². The molecule has 11 heteroatoms. The van der Waals surface area contributed by atoms with Crippen LogP contribution in [0.3, 0.4) is 0 Å². The van der Waals surface area contributed by atoms with E-state index in [4.69, 9.17) is 15.2 Å². The second-order valence-electron chi connectivity index (χ2n) is 8.07. The van der Waals surface area contributed by atoms with Crippen molar-refractivity contribution in [3.05, 3.63) is 89.0 Å². The summed E-state index contributed by atoms with van der Waals surface area (Å²) in [5.74, 6) is -2.72. The highest BCUT2D eigenvalue weighted by molar-refractivity contribution is 5.82. The Kier molecular flexibility index (Phi) is 8.81. The molecule has 2 aromatic carbocycles. The summed E-state index contributed by atoms with van der Waals surface area (Å²) in [4.78, 5) is 25.7. The number of halogens is 3. The van der Waals surface area contributed by atoms with E-state index in [0.717, 1.165) is 24.2 Å². The number of hydrogen-bond donors (Lipinski definition) is 3. The second-order valence-corrected chi connectivity index (χ2v) is 8.07. The molecule has 2 heterocycles. The number of nitrogens with one attached hydrogen (secondary N) is 2. The molecule has 188 valence electrons. The van der Waals surface area contributed by atoms with Gasteiger partial charge in [0.15, 0.2) is 0 Å². The summed E-state index contributed by atoms with van der Waals surface area (Å²) in [7, 11) is 0. The van der Waals surface area contributed by atoms with Crippen LogP contribution in [-0.4, -0.2) is 45.3 Å². The molecule has 8 nitrogen and oxygen atoms in total. The number of hydrogen-bond acceptors (Lipinski definition) is 5. The molecular weight excluding hydrogens is 475 g/mol. The maximum absolute atomic E-state index is 12.6. The standard InChI is InChI=1S/C23H23N5O.C2HF3O2/c24-12-17-5-7-18(8-6-17)15-28-16-25-14-21(28)9-10-26-23(29)22-11-19-3-1-2-4-20(19)13-27-22;3-2(4,5)1(6)7/h1-8,14,16,22,27H,9-11,13,15H2,(H,26,29);(H,6,7)/t22-;/m0./s1. The van der Waals surface area contributed by atoms with E-state index in [1.54, 1.807) is 6.33 Å². The highest BCUT2D eigenvalue weighted by Crippen LogP contribution is 2.16. The van der Waals surface area contributed by atoms with E-state index in [-0.39, 0.29) is 11.9 Å². The molecule has 1 amide bonds. The summed E-state index contributed by atoms with van der Waals surface area (Å²) in [5, 5.41) is 22.4. The van der Waals surface area contributed by atoms with Crippen molar-refractivity contribution >= 4 is 11.9 Å². The number of benzene rings is 2. The fourth-order valence-electron chi connectivity index (χ4n) is 3.66. The van der Waals surface area contributed by atoms with Crippen molar-refractivity contribution in [3.63, 3.8) is 0 Å². The number of aromatic nitrogens is 2. The molecule has 1 aromatic heterocycles. The Morgan fingerprint density at radius 3 is 2.47 bits per heavy atom. The number of imidazole rings is 1. The second kappa shape index (κ2) is 12.0. The van der Waals surface area contributed by atoms with E-state index in [2.05, 4.69) is 38.4 Å². The van der Waals surface area contributed by atoms with Crippen LogP contribution in [0, 0.1) is 11.3 Å².